The van der Waals surface area contributed by atoms with Gasteiger partial charge in [0.2, 0.25) is 0 Å². The second-order valence-electron chi connectivity index (χ2n) is 4.41. The zero-order valence-corrected chi connectivity index (χ0v) is 7.93. The van der Waals surface area contributed by atoms with Gasteiger partial charge in [0.15, 0.2) is 5.54 Å². The van der Waals surface area contributed by atoms with Crippen LogP contribution in [0.2, 0.25) is 0 Å². The number of nitrogens with one attached hydrogen (secondary N) is 1. The molecule has 0 radical (unpaired) electrons. The minimum atomic E-state index is -0.970. The number of ether oxygens (including phenoxy) is 1. The Hall–Kier alpha value is -0.610. The molecule has 0 aromatic heterocycles. The van der Waals surface area contributed by atoms with Crippen LogP contribution in [0.3, 0.4) is 0 Å². The molecule has 0 saturated carbocycles. The predicted octanol–water partition coefficient (Wildman–Crippen LogP) is -0.517. The maximum atomic E-state index is 11.7. The van der Waals surface area contributed by atoms with Gasteiger partial charge in [-0.05, 0) is 13.8 Å². The minimum absolute atomic E-state index is 0.0359. The highest BCUT2D eigenvalue weighted by Crippen LogP contribution is 2.12. The maximum absolute atomic E-state index is 11.7. The summed E-state index contributed by atoms with van der Waals surface area (Å²) in [5.41, 5.74) is -1.50. The Labute approximate surface area is 72.1 Å². The quantitative estimate of drug-likeness (QED) is 0.396. The number of morpholine rings is 1. The molecule has 4 heteroatoms. The second-order valence-corrected chi connectivity index (χ2v) is 4.41. The summed E-state index contributed by atoms with van der Waals surface area (Å²) in [5.74, 6) is -0.410. The van der Waals surface area contributed by atoms with E-state index in [4.69, 9.17) is 4.74 Å². The number of hydrogen-bond donors (Lipinski definition) is 1. The van der Waals surface area contributed by atoms with Gasteiger partial charge in [0.25, 0.3) is 0 Å². The molecule has 1 aliphatic heterocycles. The van der Waals surface area contributed by atoms with Crippen LogP contribution in [0.25, 0.3) is 0 Å². The van der Waals surface area contributed by atoms with Crippen molar-refractivity contribution in [1.82, 2.24) is 0 Å². The van der Waals surface area contributed by atoms with Crippen molar-refractivity contribution < 1.29 is 14.6 Å². The SMILES string of the molecule is CC1(C)COC(=O)C(C)(C)[NH+]1[O-]. The van der Waals surface area contributed by atoms with Crippen molar-refractivity contribution in [2.75, 3.05) is 6.61 Å². The molecule has 0 aliphatic carbocycles. The molecule has 1 saturated heterocycles. The number of carbonyl (C=O) groups is 1. The number of carbonyl (C=O) groups excluding carboxylic acids is 1. The van der Waals surface area contributed by atoms with Crippen molar-refractivity contribution in [3.63, 3.8) is 0 Å². The van der Waals surface area contributed by atoms with E-state index < -0.39 is 17.0 Å². The molecule has 0 bridgehead atoms. The summed E-state index contributed by atoms with van der Waals surface area (Å²) < 4.78 is 4.92. The van der Waals surface area contributed by atoms with Crippen LogP contribution < -0.4 is 5.06 Å². The lowest BCUT2D eigenvalue weighted by Gasteiger charge is -2.49. The van der Waals surface area contributed by atoms with Gasteiger partial charge in [0.1, 0.15) is 12.1 Å². The number of hydrogen-bond acceptors (Lipinski definition) is 3. The van der Waals surface area contributed by atoms with E-state index in [1.165, 1.54) is 0 Å². The van der Waals surface area contributed by atoms with Crippen LogP contribution in [0.4, 0.5) is 0 Å². The van der Waals surface area contributed by atoms with Crippen LogP contribution in [0.1, 0.15) is 27.7 Å². The molecule has 1 fully saturated rings. The Morgan fingerprint density at radius 2 is 1.92 bits per heavy atom. The summed E-state index contributed by atoms with van der Waals surface area (Å²) in [5, 5.41) is 11.6. The highest BCUT2D eigenvalue weighted by Gasteiger charge is 2.48. The summed E-state index contributed by atoms with van der Waals surface area (Å²) in [6, 6.07) is 0. The van der Waals surface area contributed by atoms with Gasteiger partial charge in [-0.25, -0.2) is 4.79 Å². The molecule has 0 amide bonds. The van der Waals surface area contributed by atoms with Crippen LogP contribution in [-0.4, -0.2) is 23.7 Å². The van der Waals surface area contributed by atoms with Gasteiger partial charge in [0.05, 0.1) is 0 Å². The molecule has 1 aliphatic rings. The maximum Gasteiger partial charge on any atom is 0.368 e. The molecule has 1 unspecified atom stereocenters. The topological polar surface area (TPSA) is 53.8 Å². The molecular formula is C8H15NO3. The van der Waals surface area contributed by atoms with Crippen LogP contribution in [0.5, 0.6) is 0 Å². The molecule has 1 N–H and O–H groups in total. The van der Waals surface area contributed by atoms with Crippen molar-refractivity contribution in [1.29, 1.82) is 0 Å². The first-order valence-corrected chi connectivity index (χ1v) is 4.00. The average Bonchev–Trinajstić information content (AvgIpc) is 1.96. The monoisotopic (exact) mass is 173 g/mol. The predicted molar refractivity (Wildman–Crippen MR) is 43.4 cm³/mol. The van der Waals surface area contributed by atoms with E-state index in [9.17, 15) is 10.0 Å². The minimum Gasteiger partial charge on any atom is -0.633 e. The van der Waals surface area contributed by atoms with Crippen molar-refractivity contribution in [3.8, 4) is 0 Å². The van der Waals surface area contributed by atoms with E-state index >= 15 is 0 Å². The third-order valence-corrected chi connectivity index (χ3v) is 2.26. The van der Waals surface area contributed by atoms with Gasteiger partial charge in [-0.3, -0.25) is 0 Å². The molecule has 4 nitrogen and oxygen atoms in total. The Morgan fingerprint density at radius 1 is 1.42 bits per heavy atom. The number of hydroxylamine groups is 2. The van der Waals surface area contributed by atoms with Gasteiger partial charge in [-0.1, -0.05) is 0 Å². The fourth-order valence-electron chi connectivity index (χ4n) is 1.43. The van der Waals surface area contributed by atoms with Crippen molar-refractivity contribution >= 4 is 5.97 Å². The largest absolute Gasteiger partial charge is 0.633 e. The highest BCUT2D eigenvalue weighted by atomic mass is 16.6. The van der Waals surface area contributed by atoms with Gasteiger partial charge in [-0.2, -0.15) is 0 Å². The lowest BCUT2D eigenvalue weighted by atomic mass is 9.94. The number of quaternary nitrogens is 1. The normalized spacial score (nSPS) is 32.8. The van der Waals surface area contributed by atoms with Gasteiger partial charge in [0, 0.05) is 13.8 Å². The van der Waals surface area contributed by atoms with E-state index in [1.54, 1.807) is 27.7 Å². The van der Waals surface area contributed by atoms with Gasteiger partial charge in [-0.15, -0.1) is 0 Å². The Bertz CT molecular complexity index is 210. The molecule has 1 heterocycles. The Morgan fingerprint density at radius 3 is 2.33 bits per heavy atom. The van der Waals surface area contributed by atoms with Crippen molar-refractivity contribution in [2.45, 2.75) is 38.8 Å². The third-order valence-electron chi connectivity index (χ3n) is 2.26. The molecule has 1 atom stereocenters. The molecular weight excluding hydrogens is 158 g/mol. The fraction of sp³-hybridized carbons (Fsp3) is 0.875. The van der Waals surface area contributed by atoms with Crippen LogP contribution in [0.15, 0.2) is 0 Å². The first-order valence-electron chi connectivity index (χ1n) is 4.00. The molecule has 12 heavy (non-hydrogen) atoms. The summed E-state index contributed by atoms with van der Waals surface area (Å²) in [6.45, 7) is 7.01. The molecule has 1 rings (SSSR count). The second kappa shape index (κ2) is 2.44. The summed E-state index contributed by atoms with van der Waals surface area (Å²) in [7, 11) is 0. The lowest BCUT2D eigenvalue weighted by molar-refractivity contribution is -0.945. The summed E-state index contributed by atoms with van der Waals surface area (Å²) in [6.07, 6.45) is 0. The van der Waals surface area contributed by atoms with Crippen LogP contribution >= 0.6 is 0 Å². The molecule has 0 aromatic rings. The summed E-state index contributed by atoms with van der Waals surface area (Å²) in [4.78, 5) is 11.2. The van der Waals surface area contributed by atoms with Crippen molar-refractivity contribution in [2.24, 2.45) is 0 Å². The summed E-state index contributed by atoms with van der Waals surface area (Å²) >= 11 is 0. The van der Waals surface area contributed by atoms with E-state index in [0.29, 0.717) is 0 Å². The lowest BCUT2D eigenvalue weighted by Crippen LogP contribution is -3.25. The highest BCUT2D eigenvalue weighted by molar-refractivity contribution is 5.78. The smallest absolute Gasteiger partial charge is 0.368 e. The number of cyclic esters (lactones) is 1. The number of esters is 1. The van der Waals surface area contributed by atoms with Crippen molar-refractivity contribution in [3.05, 3.63) is 5.21 Å². The standard InChI is InChI=1S/C8H15NO3/c1-7(2)5-12-6(10)8(3,4)9(7)11/h9H,5H2,1-4H3. The fourth-order valence-corrected chi connectivity index (χ4v) is 1.43. The van der Waals surface area contributed by atoms with Crippen LogP contribution in [0, 0.1) is 5.21 Å². The Balaban J connectivity index is 2.93. The first-order chi connectivity index (χ1) is 5.28. The van der Waals surface area contributed by atoms with E-state index in [1.807, 2.05) is 0 Å². The molecule has 0 aromatic carbocycles. The van der Waals surface area contributed by atoms with Gasteiger partial charge >= 0.3 is 5.97 Å². The van der Waals surface area contributed by atoms with E-state index in [-0.39, 0.29) is 11.7 Å². The zero-order chi connectivity index (χ0) is 9.57. The molecule has 0 spiro atoms. The van der Waals surface area contributed by atoms with Crippen LogP contribution in [-0.2, 0) is 9.53 Å². The molecule has 70 valence electrons. The van der Waals surface area contributed by atoms with E-state index in [2.05, 4.69) is 0 Å². The van der Waals surface area contributed by atoms with E-state index in [0.717, 1.165) is 0 Å². The third kappa shape index (κ3) is 1.21. The number of rotatable bonds is 0. The van der Waals surface area contributed by atoms with Gasteiger partial charge < -0.3 is 15.0 Å². The Kier molecular flexibility index (Phi) is 1.92. The average molecular weight is 173 g/mol. The first kappa shape index (κ1) is 9.48. The zero-order valence-electron chi connectivity index (χ0n) is 7.93.